The van der Waals surface area contributed by atoms with Crippen LogP contribution in [0.2, 0.25) is 0 Å². The van der Waals surface area contributed by atoms with Crippen molar-refractivity contribution in [1.29, 1.82) is 0 Å². The number of hydrogen-bond acceptors (Lipinski definition) is 3. The van der Waals surface area contributed by atoms with Gasteiger partial charge in [-0.1, -0.05) is 48.9 Å². The number of rotatable bonds is 2. The minimum Gasteiger partial charge on any atom is -0.302 e. The molecule has 0 bridgehead atoms. The van der Waals surface area contributed by atoms with E-state index in [0.717, 1.165) is 36.6 Å². The number of imidazole rings is 1. The lowest BCUT2D eigenvalue weighted by Crippen LogP contribution is -2.50. The normalized spacial score (nSPS) is 40.2. The lowest BCUT2D eigenvalue weighted by atomic mass is 9.47. The van der Waals surface area contributed by atoms with Gasteiger partial charge in [0, 0.05) is 11.1 Å². The predicted octanol–water partition coefficient (Wildman–Crippen LogP) is 6.58. The lowest BCUT2D eigenvalue weighted by molar-refractivity contribution is -0.0239. The Balaban J connectivity index is 1.34. The van der Waals surface area contributed by atoms with E-state index in [0.29, 0.717) is 5.92 Å². The van der Waals surface area contributed by atoms with Crippen LogP contribution in [-0.2, 0) is 0 Å². The molecule has 30 heavy (non-hydrogen) atoms. The van der Waals surface area contributed by atoms with Crippen LogP contribution in [0.5, 0.6) is 0 Å². The summed E-state index contributed by atoms with van der Waals surface area (Å²) >= 11 is 0. The minimum absolute atomic E-state index is 0.0900. The van der Waals surface area contributed by atoms with E-state index in [9.17, 15) is 4.91 Å². The average molecular weight is 402 g/mol. The highest BCUT2D eigenvalue weighted by molar-refractivity contribution is 5.80. The Hall–Kier alpha value is -2.23. The predicted molar refractivity (Wildman–Crippen MR) is 121 cm³/mol. The van der Waals surface area contributed by atoms with Crippen molar-refractivity contribution in [2.24, 2.45) is 33.8 Å². The summed E-state index contributed by atoms with van der Waals surface area (Å²) in [5, 5.41) is 3.36. The van der Waals surface area contributed by atoms with Gasteiger partial charge in [-0.15, -0.1) is 0 Å². The molecule has 4 aliphatic rings. The van der Waals surface area contributed by atoms with Gasteiger partial charge in [0.15, 0.2) is 0 Å². The van der Waals surface area contributed by atoms with Gasteiger partial charge >= 0.3 is 0 Å². The van der Waals surface area contributed by atoms with Crippen molar-refractivity contribution >= 4 is 16.7 Å². The van der Waals surface area contributed by atoms with Gasteiger partial charge in [-0.2, -0.15) is 4.91 Å². The summed E-state index contributed by atoms with van der Waals surface area (Å²) in [4.78, 5) is 15.8. The molecule has 2 saturated carbocycles. The first-order chi connectivity index (χ1) is 14.5. The maximum Gasteiger partial charge on any atom is 0.110 e. The van der Waals surface area contributed by atoms with Gasteiger partial charge in [0.25, 0.3) is 0 Å². The molecule has 1 aromatic carbocycles. The quantitative estimate of drug-likeness (QED) is 0.421. The maximum absolute atomic E-state index is 11.1. The number of para-hydroxylation sites is 2. The zero-order chi connectivity index (χ0) is 20.5. The fourth-order valence-electron chi connectivity index (χ4n) is 7.86. The standard InChI is InChI=1S/C26H31N3O/c1-25-13-11-18(28-30)15-17(25)7-8-19-20-9-10-24(26(20,2)14-12-21(19)25)29-16-27-22-5-3-4-6-23(22)29/h3-6,10,15-16,18-21H,7-9,11-14H2,1-2H3/t18?,19-,20-,21-,25-,26-/m0/s1. The monoisotopic (exact) mass is 401 g/mol. The topological polar surface area (TPSA) is 47.2 Å². The second-order valence-corrected chi connectivity index (χ2v) is 10.6. The van der Waals surface area contributed by atoms with E-state index >= 15 is 0 Å². The molecule has 0 radical (unpaired) electrons. The van der Waals surface area contributed by atoms with Crippen molar-refractivity contribution in [1.82, 2.24) is 9.55 Å². The molecule has 0 amide bonds. The zero-order valence-corrected chi connectivity index (χ0v) is 18.1. The summed E-state index contributed by atoms with van der Waals surface area (Å²) in [6.07, 6.45) is 15.0. The van der Waals surface area contributed by atoms with Crippen LogP contribution < -0.4 is 0 Å². The number of hydrogen-bond donors (Lipinski definition) is 0. The van der Waals surface area contributed by atoms with E-state index in [4.69, 9.17) is 0 Å². The van der Waals surface area contributed by atoms with Gasteiger partial charge in [-0.3, -0.25) is 0 Å². The van der Waals surface area contributed by atoms with Crippen LogP contribution in [0.3, 0.4) is 0 Å². The van der Waals surface area contributed by atoms with Crippen LogP contribution in [0.1, 0.15) is 58.8 Å². The number of fused-ring (bicyclic) bond motifs is 6. The molecular formula is C26H31N3O. The molecule has 1 heterocycles. The third-order valence-corrected chi connectivity index (χ3v) is 9.48. The van der Waals surface area contributed by atoms with E-state index in [2.05, 4.69) is 65.0 Å². The molecule has 156 valence electrons. The van der Waals surface area contributed by atoms with Crippen LogP contribution >= 0.6 is 0 Å². The summed E-state index contributed by atoms with van der Waals surface area (Å²) < 4.78 is 2.37. The molecule has 6 rings (SSSR count). The van der Waals surface area contributed by atoms with E-state index < -0.39 is 0 Å². The third kappa shape index (κ3) is 2.36. The molecule has 2 fully saturated rings. The minimum atomic E-state index is -0.0900. The molecule has 0 spiro atoms. The molecule has 0 N–H and O–H groups in total. The number of benzene rings is 1. The molecule has 2 aromatic rings. The Morgan fingerprint density at radius 3 is 2.77 bits per heavy atom. The maximum atomic E-state index is 11.1. The Labute approximate surface area is 178 Å². The lowest BCUT2D eigenvalue weighted by Gasteiger charge is -2.58. The second-order valence-electron chi connectivity index (χ2n) is 10.6. The second kappa shape index (κ2) is 6.38. The van der Waals surface area contributed by atoms with Crippen molar-refractivity contribution in [2.45, 2.75) is 64.8 Å². The van der Waals surface area contributed by atoms with Crippen molar-refractivity contribution < 1.29 is 0 Å². The van der Waals surface area contributed by atoms with Crippen LogP contribution in [0.4, 0.5) is 0 Å². The molecule has 4 nitrogen and oxygen atoms in total. The van der Waals surface area contributed by atoms with Gasteiger partial charge < -0.3 is 4.57 Å². The number of nitrogens with zero attached hydrogens (tertiary/aromatic N) is 3. The molecule has 4 aliphatic carbocycles. The van der Waals surface area contributed by atoms with Gasteiger partial charge in [0.05, 0.1) is 11.0 Å². The first kappa shape index (κ1) is 18.5. The largest absolute Gasteiger partial charge is 0.302 e. The van der Waals surface area contributed by atoms with Gasteiger partial charge in [0.1, 0.15) is 12.4 Å². The fraction of sp³-hybridized carbons (Fsp3) is 0.577. The molecular weight excluding hydrogens is 370 g/mol. The van der Waals surface area contributed by atoms with Gasteiger partial charge in [-0.25, -0.2) is 4.98 Å². The highest BCUT2D eigenvalue weighted by Crippen LogP contribution is 2.66. The highest BCUT2D eigenvalue weighted by Gasteiger charge is 2.57. The summed E-state index contributed by atoms with van der Waals surface area (Å²) in [5.41, 5.74) is 5.82. The van der Waals surface area contributed by atoms with Gasteiger partial charge in [-0.05, 0) is 80.2 Å². The van der Waals surface area contributed by atoms with E-state index in [1.807, 2.05) is 6.33 Å². The van der Waals surface area contributed by atoms with Crippen molar-refractivity contribution in [3.63, 3.8) is 0 Å². The smallest absolute Gasteiger partial charge is 0.110 e. The van der Waals surface area contributed by atoms with Crippen LogP contribution in [0.15, 0.2) is 53.5 Å². The Morgan fingerprint density at radius 2 is 1.90 bits per heavy atom. The molecule has 1 unspecified atom stereocenters. The van der Waals surface area contributed by atoms with E-state index in [1.54, 1.807) is 0 Å². The fourth-order valence-corrected chi connectivity index (χ4v) is 7.86. The number of allylic oxidation sites excluding steroid dienone is 3. The van der Waals surface area contributed by atoms with Crippen LogP contribution in [-0.4, -0.2) is 15.6 Å². The summed E-state index contributed by atoms with van der Waals surface area (Å²) in [7, 11) is 0. The van der Waals surface area contributed by atoms with Crippen LogP contribution in [0.25, 0.3) is 16.7 Å². The number of aromatic nitrogens is 2. The zero-order valence-electron chi connectivity index (χ0n) is 18.1. The first-order valence-electron chi connectivity index (χ1n) is 11.7. The first-order valence-corrected chi connectivity index (χ1v) is 11.7. The van der Waals surface area contributed by atoms with Crippen LogP contribution in [0, 0.1) is 33.5 Å². The summed E-state index contributed by atoms with van der Waals surface area (Å²) in [5.74, 6) is 2.23. The van der Waals surface area contributed by atoms with Crippen molar-refractivity contribution in [3.05, 3.63) is 53.2 Å². The molecule has 6 atom stereocenters. The molecule has 1 aromatic heterocycles. The average Bonchev–Trinajstić information content (AvgIpc) is 3.33. The number of nitroso groups, excluding NO2 is 1. The SMILES string of the molecule is C[C@]12CCC(N=O)C=C1CC[C@@H]1[C@@H]2CC[C@]2(C)C(n3cnc4ccccc43)=CC[C@@H]12. The van der Waals surface area contributed by atoms with Crippen molar-refractivity contribution in [3.8, 4) is 0 Å². The molecule has 0 saturated heterocycles. The van der Waals surface area contributed by atoms with E-state index in [1.165, 1.54) is 42.5 Å². The molecule has 0 aliphatic heterocycles. The third-order valence-electron chi connectivity index (χ3n) is 9.48. The summed E-state index contributed by atoms with van der Waals surface area (Å²) in [6.45, 7) is 5.01. The Morgan fingerprint density at radius 1 is 1.07 bits per heavy atom. The van der Waals surface area contributed by atoms with Gasteiger partial charge in [0.2, 0.25) is 0 Å². The molecule has 4 heteroatoms. The summed E-state index contributed by atoms with van der Waals surface area (Å²) in [6, 6.07) is 8.41. The Bertz CT molecular complexity index is 1080. The Kier molecular flexibility index (Phi) is 3.94. The van der Waals surface area contributed by atoms with E-state index in [-0.39, 0.29) is 16.9 Å². The highest BCUT2D eigenvalue weighted by atomic mass is 16.3. The van der Waals surface area contributed by atoms with Crippen molar-refractivity contribution in [2.75, 3.05) is 0 Å².